The molecule has 0 amide bonds. The van der Waals surface area contributed by atoms with Gasteiger partial charge in [-0.2, -0.15) is 4.98 Å². The van der Waals surface area contributed by atoms with Crippen LogP contribution in [-0.4, -0.2) is 36.1 Å². The fourth-order valence-corrected chi connectivity index (χ4v) is 3.75. The summed E-state index contributed by atoms with van der Waals surface area (Å²) in [5, 5.41) is 4.16. The minimum absolute atomic E-state index is 0.130. The third-order valence-corrected chi connectivity index (χ3v) is 5.10. The van der Waals surface area contributed by atoms with Crippen LogP contribution in [0, 0.1) is 0 Å². The maximum Gasteiger partial charge on any atom is 0.244 e. The van der Waals surface area contributed by atoms with E-state index in [0.717, 1.165) is 37.3 Å². The molecule has 5 heterocycles. The molecule has 5 rings (SSSR count). The molecule has 0 bridgehead atoms. The first-order valence-corrected chi connectivity index (χ1v) is 9.44. The van der Waals surface area contributed by atoms with Crippen molar-refractivity contribution in [2.75, 3.05) is 6.54 Å². The molecule has 1 saturated heterocycles. The van der Waals surface area contributed by atoms with Gasteiger partial charge in [0.2, 0.25) is 11.7 Å². The summed E-state index contributed by atoms with van der Waals surface area (Å²) in [5.41, 5.74) is 2.06. The van der Waals surface area contributed by atoms with Crippen LogP contribution in [0.1, 0.15) is 30.5 Å². The van der Waals surface area contributed by atoms with Crippen molar-refractivity contribution in [3.8, 4) is 17.2 Å². The van der Waals surface area contributed by atoms with Crippen LogP contribution in [0.2, 0.25) is 0 Å². The molecule has 7 heteroatoms. The first-order chi connectivity index (χ1) is 13.9. The van der Waals surface area contributed by atoms with Crippen LogP contribution < -0.4 is 0 Å². The van der Waals surface area contributed by atoms with Gasteiger partial charge in [0.05, 0.1) is 6.04 Å². The Morgan fingerprint density at radius 1 is 1.07 bits per heavy atom. The van der Waals surface area contributed by atoms with E-state index in [1.54, 1.807) is 12.4 Å². The van der Waals surface area contributed by atoms with Gasteiger partial charge in [0.1, 0.15) is 5.82 Å². The Bertz CT molecular complexity index is 1040. The predicted octanol–water partition coefficient (Wildman–Crippen LogP) is 3.65. The fraction of sp³-hybridized carbons (Fsp3) is 0.238. The Labute approximate surface area is 162 Å². The van der Waals surface area contributed by atoms with Crippen molar-refractivity contribution in [1.29, 1.82) is 0 Å². The molecule has 4 aromatic heterocycles. The van der Waals surface area contributed by atoms with Crippen molar-refractivity contribution in [3.63, 3.8) is 0 Å². The lowest BCUT2D eigenvalue weighted by Gasteiger charge is -2.22. The van der Waals surface area contributed by atoms with Crippen molar-refractivity contribution in [1.82, 2.24) is 29.6 Å². The topological polar surface area (TPSA) is 72.9 Å². The third-order valence-electron chi connectivity index (χ3n) is 5.10. The van der Waals surface area contributed by atoms with Crippen molar-refractivity contribution >= 4 is 0 Å². The Hall–Kier alpha value is -3.32. The number of aromatic nitrogens is 5. The van der Waals surface area contributed by atoms with E-state index in [9.17, 15) is 0 Å². The van der Waals surface area contributed by atoms with E-state index in [2.05, 4.69) is 47.9 Å². The molecule has 0 spiro atoms. The Morgan fingerprint density at radius 2 is 2.07 bits per heavy atom. The quantitative estimate of drug-likeness (QED) is 0.532. The average Bonchev–Trinajstić information content (AvgIpc) is 3.50. The minimum Gasteiger partial charge on any atom is -0.337 e. The van der Waals surface area contributed by atoms with Crippen LogP contribution in [0.5, 0.6) is 0 Å². The second kappa shape index (κ2) is 7.36. The van der Waals surface area contributed by atoms with Crippen LogP contribution in [-0.2, 0) is 6.54 Å². The number of rotatable bonds is 5. The van der Waals surface area contributed by atoms with Crippen molar-refractivity contribution < 1.29 is 4.52 Å². The van der Waals surface area contributed by atoms with Crippen LogP contribution in [0.25, 0.3) is 17.2 Å². The van der Waals surface area contributed by atoms with E-state index in [-0.39, 0.29) is 6.04 Å². The number of nitrogens with zero attached hydrogens (tertiary/aromatic N) is 6. The van der Waals surface area contributed by atoms with Gasteiger partial charge in [-0.25, -0.2) is 4.98 Å². The van der Waals surface area contributed by atoms with Gasteiger partial charge in [-0.3, -0.25) is 9.88 Å². The SMILES string of the molecule is c1ccc(-n2cccc2CN2CCC[C@H]2c2nc(-c3cccnc3)no2)nc1. The second-order valence-corrected chi connectivity index (χ2v) is 6.88. The van der Waals surface area contributed by atoms with Gasteiger partial charge in [0, 0.05) is 42.6 Å². The highest BCUT2D eigenvalue weighted by atomic mass is 16.5. The average molecular weight is 372 g/mol. The largest absolute Gasteiger partial charge is 0.337 e. The molecular formula is C21H20N6O. The minimum atomic E-state index is 0.130. The lowest BCUT2D eigenvalue weighted by molar-refractivity contribution is 0.198. The smallest absolute Gasteiger partial charge is 0.244 e. The van der Waals surface area contributed by atoms with Crippen molar-refractivity contribution in [2.45, 2.75) is 25.4 Å². The van der Waals surface area contributed by atoms with Gasteiger partial charge in [0.25, 0.3) is 0 Å². The lowest BCUT2D eigenvalue weighted by atomic mass is 10.2. The Balaban J connectivity index is 1.38. The number of pyridine rings is 2. The molecule has 0 aliphatic carbocycles. The highest BCUT2D eigenvalue weighted by molar-refractivity contribution is 5.51. The fourth-order valence-electron chi connectivity index (χ4n) is 3.75. The van der Waals surface area contributed by atoms with E-state index in [1.165, 1.54) is 5.69 Å². The molecular weight excluding hydrogens is 352 g/mol. The van der Waals surface area contributed by atoms with Crippen LogP contribution >= 0.6 is 0 Å². The molecule has 0 saturated carbocycles. The molecule has 0 unspecified atom stereocenters. The van der Waals surface area contributed by atoms with Gasteiger partial charge >= 0.3 is 0 Å². The zero-order valence-corrected chi connectivity index (χ0v) is 15.3. The molecule has 0 aromatic carbocycles. The maximum atomic E-state index is 5.62. The van der Waals surface area contributed by atoms with Crippen molar-refractivity contribution in [2.24, 2.45) is 0 Å². The Kier molecular flexibility index (Phi) is 4.42. The predicted molar refractivity (Wildman–Crippen MR) is 103 cm³/mol. The van der Waals surface area contributed by atoms with E-state index in [4.69, 9.17) is 4.52 Å². The molecule has 1 aliphatic rings. The lowest BCUT2D eigenvalue weighted by Crippen LogP contribution is -2.24. The summed E-state index contributed by atoms with van der Waals surface area (Å²) in [4.78, 5) is 15.6. The summed E-state index contributed by atoms with van der Waals surface area (Å²) < 4.78 is 7.75. The highest BCUT2D eigenvalue weighted by Gasteiger charge is 2.31. The second-order valence-electron chi connectivity index (χ2n) is 6.88. The van der Waals surface area contributed by atoms with Crippen LogP contribution in [0.4, 0.5) is 0 Å². The van der Waals surface area contributed by atoms with Gasteiger partial charge in [-0.15, -0.1) is 0 Å². The van der Waals surface area contributed by atoms with E-state index >= 15 is 0 Å². The van der Waals surface area contributed by atoms with Gasteiger partial charge in [-0.1, -0.05) is 11.2 Å². The summed E-state index contributed by atoms with van der Waals surface area (Å²) in [7, 11) is 0. The third kappa shape index (κ3) is 3.20. The van der Waals surface area contributed by atoms with E-state index in [0.29, 0.717) is 11.7 Å². The zero-order chi connectivity index (χ0) is 18.8. The summed E-state index contributed by atoms with van der Waals surface area (Å²) in [6.45, 7) is 1.81. The standard InChI is InChI=1S/C21H20N6O/c1-2-11-23-19(9-1)27-13-4-7-17(27)15-26-12-5-8-18(26)21-24-20(25-28-21)16-6-3-10-22-14-16/h1-4,6-7,9-11,13-14,18H,5,8,12,15H2/t18-/m0/s1. The normalized spacial score (nSPS) is 17.2. The number of hydrogen-bond donors (Lipinski definition) is 0. The van der Waals surface area contributed by atoms with Gasteiger partial charge in [0.15, 0.2) is 0 Å². The monoisotopic (exact) mass is 372 g/mol. The number of likely N-dealkylation sites (tertiary alicyclic amines) is 1. The van der Waals surface area contributed by atoms with E-state index < -0.39 is 0 Å². The van der Waals surface area contributed by atoms with Gasteiger partial charge in [-0.05, 0) is 55.8 Å². The Morgan fingerprint density at radius 3 is 2.93 bits per heavy atom. The van der Waals surface area contributed by atoms with E-state index in [1.807, 2.05) is 36.5 Å². The maximum absolute atomic E-state index is 5.62. The van der Waals surface area contributed by atoms with Gasteiger partial charge < -0.3 is 9.09 Å². The molecule has 7 nitrogen and oxygen atoms in total. The summed E-state index contributed by atoms with van der Waals surface area (Å²) >= 11 is 0. The van der Waals surface area contributed by atoms with Crippen LogP contribution in [0.3, 0.4) is 0 Å². The highest BCUT2D eigenvalue weighted by Crippen LogP contribution is 2.33. The van der Waals surface area contributed by atoms with Crippen molar-refractivity contribution in [3.05, 3.63) is 78.8 Å². The summed E-state index contributed by atoms with van der Waals surface area (Å²) in [5.74, 6) is 2.19. The summed E-state index contributed by atoms with van der Waals surface area (Å²) in [6.07, 6.45) is 9.48. The zero-order valence-electron chi connectivity index (χ0n) is 15.3. The first kappa shape index (κ1) is 16.8. The molecule has 0 N–H and O–H groups in total. The first-order valence-electron chi connectivity index (χ1n) is 9.44. The molecule has 0 radical (unpaired) electrons. The molecule has 1 aliphatic heterocycles. The summed E-state index contributed by atoms with van der Waals surface area (Å²) in [6, 6.07) is 14.1. The molecule has 1 fully saturated rings. The molecule has 28 heavy (non-hydrogen) atoms. The molecule has 4 aromatic rings. The molecule has 140 valence electrons. The van der Waals surface area contributed by atoms with Crippen LogP contribution in [0.15, 0.2) is 71.8 Å². The number of hydrogen-bond acceptors (Lipinski definition) is 6. The molecule has 1 atom stereocenters.